The number of carbonyl (C=O) groups excluding carboxylic acids is 1. The Labute approximate surface area is 147 Å². The maximum absolute atomic E-state index is 12.4. The summed E-state index contributed by atoms with van der Waals surface area (Å²) in [7, 11) is 1.72. The minimum atomic E-state index is -4.39. The van der Waals surface area contributed by atoms with E-state index >= 15 is 0 Å². The second kappa shape index (κ2) is 9.70. The van der Waals surface area contributed by atoms with E-state index < -0.39 is 11.7 Å². The average Bonchev–Trinajstić information content (AvgIpc) is 2.60. The fourth-order valence-electron chi connectivity index (χ4n) is 1.68. The van der Waals surface area contributed by atoms with Crippen molar-refractivity contribution in [2.24, 2.45) is 5.84 Å². The van der Waals surface area contributed by atoms with Gasteiger partial charge in [0.05, 0.1) is 22.0 Å². The van der Waals surface area contributed by atoms with Crippen LogP contribution >= 0.6 is 11.6 Å². The number of halogens is 4. The van der Waals surface area contributed by atoms with Crippen LogP contribution in [0.2, 0.25) is 5.02 Å². The minimum Gasteiger partial charge on any atom is -0.484 e. The number of nitrogens with one attached hydrogen (secondary N) is 2. The van der Waals surface area contributed by atoms with Gasteiger partial charge in [-0.2, -0.15) is 13.2 Å². The molecule has 0 fully saturated rings. The summed E-state index contributed by atoms with van der Waals surface area (Å²) in [6.07, 6.45) is -3.21. The maximum atomic E-state index is 12.4. The summed E-state index contributed by atoms with van der Waals surface area (Å²) >= 11 is 6.03. The van der Waals surface area contributed by atoms with Crippen molar-refractivity contribution in [1.29, 1.82) is 0 Å². The van der Waals surface area contributed by atoms with Gasteiger partial charge in [-0.1, -0.05) is 17.7 Å². The van der Waals surface area contributed by atoms with Crippen molar-refractivity contribution in [2.75, 3.05) is 12.4 Å². The largest absolute Gasteiger partial charge is 0.484 e. The molecule has 0 atom stereocenters. The van der Waals surface area contributed by atoms with E-state index in [4.69, 9.17) is 21.1 Å². The van der Waals surface area contributed by atoms with Crippen molar-refractivity contribution in [3.05, 3.63) is 52.8 Å². The highest BCUT2D eigenvalue weighted by molar-refractivity contribution is 6.32. The summed E-state index contributed by atoms with van der Waals surface area (Å²) < 4.78 is 42.8. The fourth-order valence-corrected chi connectivity index (χ4v) is 1.91. The lowest BCUT2D eigenvalue weighted by Gasteiger charge is -2.13. The normalized spacial score (nSPS) is 10.3. The SMILES string of the molecule is CNc1cccc(Cl)c1OCc1ccc(C(F)(F)F)cn1.NNC=O. The summed E-state index contributed by atoms with van der Waals surface area (Å²) in [5.74, 6) is 4.84. The Balaban J connectivity index is 0.000000705. The van der Waals surface area contributed by atoms with Gasteiger partial charge in [0.2, 0.25) is 6.41 Å². The topological polar surface area (TPSA) is 89.3 Å². The quantitative estimate of drug-likeness (QED) is 0.323. The van der Waals surface area contributed by atoms with Gasteiger partial charge in [-0.15, -0.1) is 0 Å². The molecule has 1 heterocycles. The number of alkyl halides is 3. The molecule has 0 saturated carbocycles. The zero-order valence-electron chi connectivity index (χ0n) is 13.1. The number of ether oxygens (including phenoxy) is 1. The van der Waals surface area contributed by atoms with E-state index in [0.29, 0.717) is 28.6 Å². The zero-order chi connectivity index (χ0) is 18.9. The molecule has 0 radical (unpaired) electrons. The van der Waals surface area contributed by atoms with Gasteiger partial charge in [0.1, 0.15) is 6.61 Å². The Morgan fingerprint density at radius 3 is 2.48 bits per heavy atom. The summed E-state index contributed by atoms with van der Waals surface area (Å²) in [5, 5.41) is 3.33. The number of benzene rings is 1. The van der Waals surface area contributed by atoms with Crippen LogP contribution in [0.4, 0.5) is 18.9 Å². The number of hydrogen-bond donors (Lipinski definition) is 3. The van der Waals surface area contributed by atoms with Crippen LogP contribution in [-0.2, 0) is 17.6 Å². The standard InChI is InChI=1S/C14H12ClF3N2O.CH4N2O/c1-19-12-4-2-3-11(15)13(12)21-8-10-6-5-9(7-20-10)14(16,17)18;2-3-1-4/h2-7,19H,8H2,1H3;1H,2H2,(H,3,4). The van der Waals surface area contributed by atoms with Gasteiger partial charge < -0.3 is 10.1 Å². The number of pyridine rings is 1. The molecule has 2 aromatic rings. The molecule has 0 saturated heterocycles. The van der Waals surface area contributed by atoms with Crippen LogP contribution in [0.3, 0.4) is 0 Å². The molecule has 4 N–H and O–H groups in total. The first-order valence-electron chi connectivity index (χ1n) is 6.84. The number of anilines is 1. The lowest BCUT2D eigenvalue weighted by molar-refractivity contribution is -0.137. The molecule has 6 nitrogen and oxygen atoms in total. The van der Waals surface area contributed by atoms with Crippen molar-refractivity contribution in [2.45, 2.75) is 12.8 Å². The Hall–Kier alpha value is -2.52. The van der Waals surface area contributed by atoms with Crippen molar-refractivity contribution >= 4 is 23.7 Å². The predicted molar refractivity (Wildman–Crippen MR) is 88.0 cm³/mol. The minimum absolute atomic E-state index is 0.0244. The molecule has 0 bridgehead atoms. The number of amides is 1. The molecule has 0 aliphatic rings. The molecule has 10 heteroatoms. The highest BCUT2D eigenvalue weighted by Crippen LogP contribution is 2.33. The van der Waals surface area contributed by atoms with Crippen molar-refractivity contribution in [3.8, 4) is 5.75 Å². The van der Waals surface area contributed by atoms with Crippen LogP contribution in [0.5, 0.6) is 5.75 Å². The zero-order valence-corrected chi connectivity index (χ0v) is 13.9. The monoisotopic (exact) mass is 376 g/mol. The van der Waals surface area contributed by atoms with Gasteiger partial charge in [-0.25, -0.2) is 5.84 Å². The summed E-state index contributed by atoms with van der Waals surface area (Å²) in [6.45, 7) is 0.0244. The van der Waals surface area contributed by atoms with Crippen LogP contribution in [0.1, 0.15) is 11.3 Å². The van der Waals surface area contributed by atoms with E-state index in [1.165, 1.54) is 6.07 Å². The number of aromatic nitrogens is 1. The molecule has 25 heavy (non-hydrogen) atoms. The number of hydrazine groups is 1. The van der Waals surface area contributed by atoms with Crippen LogP contribution in [0.25, 0.3) is 0 Å². The third-order valence-corrected chi connectivity index (χ3v) is 3.12. The van der Waals surface area contributed by atoms with Crippen molar-refractivity contribution < 1.29 is 22.7 Å². The van der Waals surface area contributed by atoms with Gasteiger partial charge in [0.15, 0.2) is 5.75 Å². The molecule has 2 rings (SSSR count). The van der Waals surface area contributed by atoms with Crippen LogP contribution in [0, 0.1) is 0 Å². The molecule has 1 aromatic heterocycles. The van der Waals surface area contributed by atoms with E-state index in [2.05, 4.69) is 16.1 Å². The van der Waals surface area contributed by atoms with Gasteiger partial charge in [-0.3, -0.25) is 15.2 Å². The summed E-state index contributed by atoms with van der Waals surface area (Å²) in [5.41, 5.74) is 2.03. The van der Waals surface area contributed by atoms with E-state index in [9.17, 15) is 13.2 Å². The first-order chi connectivity index (χ1) is 11.8. The molecule has 1 amide bonds. The smallest absolute Gasteiger partial charge is 0.417 e. The first kappa shape index (κ1) is 20.5. The van der Waals surface area contributed by atoms with E-state index in [-0.39, 0.29) is 6.61 Å². The Morgan fingerprint density at radius 2 is 2.00 bits per heavy atom. The molecule has 0 aliphatic heterocycles. The number of carbonyl (C=O) groups is 1. The van der Waals surface area contributed by atoms with Crippen LogP contribution in [0.15, 0.2) is 36.5 Å². The van der Waals surface area contributed by atoms with Gasteiger partial charge in [-0.05, 0) is 24.3 Å². The Morgan fingerprint density at radius 1 is 1.32 bits per heavy atom. The van der Waals surface area contributed by atoms with E-state index in [1.807, 2.05) is 0 Å². The Kier molecular flexibility index (Phi) is 7.96. The summed E-state index contributed by atoms with van der Waals surface area (Å²) in [4.78, 5) is 12.7. The number of hydrogen-bond acceptors (Lipinski definition) is 5. The number of para-hydroxylation sites is 1. The van der Waals surface area contributed by atoms with Crippen LogP contribution < -0.4 is 21.3 Å². The Bertz CT molecular complexity index is 681. The number of nitrogens with zero attached hydrogens (tertiary/aromatic N) is 1. The molecule has 0 unspecified atom stereocenters. The maximum Gasteiger partial charge on any atom is 0.417 e. The van der Waals surface area contributed by atoms with Gasteiger partial charge in [0.25, 0.3) is 0 Å². The highest BCUT2D eigenvalue weighted by Gasteiger charge is 2.30. The van der Waals surface area contributed by atoms with E-state index in [1.54, 1.807) is 30.7 Å². The molecule has 1 aromatic carbocycles. The second-order valence-corrected chi connectivity index (χ2v) is 4.88. The van der Waals surface area contributed by atoms with Crippen LogP contribution in [-0.4, -0.2) is 18.4 Å². The summed E-state index contributed by atoms with van der Waals surface area (Å²) in [6, 6.07) is 7.45. The lowest BCUT2D eigenvalue weighted by atomic mass is 10.2. The molecular formula is C15H16ClF3N4O2. The number of nitrogens with two attached hydrogens (primary N) is 1. The third-order valence-electron chi connectivity index (χ3n) is 2.82. The molecule has 0 aliphatic carbocycles. The lowest BCUT2D eigenvalue weighted by Crippen LogP contribution is -2.18. The molecule has 0 spiro atoms. The highest BCUT2D eigenvalue weighted by atomic mass is 35.5. The number of rotatable bonds is 5. The van der Waals surface area contributed by atoms with Crippen molar-refractivity contribution in [3.63, 3.8) is 0 Å². The second-order valence-electron chi connectivity index (χ2n) is 4.48. The molecule has 136 valence electrons. The fraction of sp³-hybridized carbons (Fsp3) is 0.200. The first-order valence-corrected chi connectivity index (χ1v) is 7.22. The van der Waals surface area contributed by atoms with Gasteiger partial charge >= 0.3 is 6.18 Å². The van der Waals surface area contributed by atoms with Crippen molar-refractivity contribution in [1.82, 2.24) is 10.4 Å². The third kappa shape index (κ3) is 6.48. The van der Waals surface area contributed by atoms with E-state index in [0.717, 1.165) is 12.3 Å². The van der Waals surface area contributed by atoms with Gasteiger partial charge in [0, 0.05) is 13.2 Å². The average molecular weight is 377 g/mol. The molecular weight excluding hydrogens is 361 g/mol. The predicted octanol–water partition coefficient (Wildman–Crippen LogP) is 2.98.